The average molecular weight is 1120 g/mol. The van der Waals surface area contributed by atoms with E-state index < -0.39 is 72.4 Å². The summed E-state index contributed by atoms with van der Waals surface area (Å²) in [5.74, 6) is -4.50. The van der Waals surface area contributed by atoms with Gasteiger partial charge in [0.1, 0.15) is 50.8 Å². The van der Waals surface area contributed by atoms with E-state index in [2.05, 4.69) is 13.8 Å². The molecule has 20 nitrogen and oxygen atoms in total. The lowest BCUT2D eigenvalue weighted by Gasteiger charge is -2.26. The van der Waals surface area contributed by atoms with Gasteiger partial charge in [0.05, 0.1) is 0 Å². The highest BCUT2D eigenvalue weighted by Crippen LogP contribution is 2.23. The van der Waals surface area contributed by atoms with Gasteiger partial charge in [0, 0.05) is 68.2 Å². The molecule has 0 aromatic rings. The standard InChI is InChI=1S/2C29H50O10/c1-6-7-8-9-11-14-17-27(38-24(4)32)28(39-25(5)33)18-15-12-10-13-16-19-29(34)36-21-26(37-23(3)31)20-35-22(2)30;1-6-7-8-9-11-14-17-27(37-24(4)32)28(38-25(5)33)18-15-12-10-13-16-19-29(34)39-26(20-35-22(2)30)21-36-23(3)31/h2*26-28H,6-21H2,1-5H3. The van der Waals surface area contributed by atoms with Crippen molar-refractivity contribution in [2.75, 3.05) is 26.4 Å². The number of rotatable bonds is 46. The number of unbranched alkanes of at least 4 members (excludes halogenated alkanes) is 18. The minimum atomic E-state index is -0.843. The highest BCUT2D eigenvalue weighted by atomic mass is 16.6. The van der Waals surface area contributed by atoms with Crippen molar-refractivity contribution in [3.63, 3.8) is 0 Å². The Morgan fingerprint density at radius 3 is 0.782 bits per heavy atom. The molecular formula is C58H100O20. The molecule has 5 unspecified atom stereocenters. The summed E-state index contributed by atoms with van der Waals surface area (Å²) in [5, 5.41) is 0. The van der Waals surface area contributed by atoms with Crippen LogP contribution in [0.4, 0.5) is 0 Å². The van der Waals surface area contributed by atoms with Crippen molar-refractivity contribution >= 4 is 59.7 Å². The van der Waals surface area contributed by atoms with E-state index in [1.807, 2.05) is 0 Å². The van der Waals surface area contributed by atoms with Crippen LogP contribution in [0.25, 0.3) is 0 Å². The molecule has 0 amide bonds. The summed E-state index contributed by atoms with van der Waals surface area (Å²) in [6.45, 7) is 14.1. The summed E-state index contributed by atoms with van der Waals surface area (Å²) >= 11 is 0. The monoisotopic (exact) mass is 1120 g/mol. The van der Waals surface area contributed by atoms with Crippen LogP contribution in [0.2, 0.25) is 0 Å². The van der Waals surface area contributed by atoms with E-state index in [4.69, 9.17) is 47.4 Å². The maximum absolute atomic E-state index is 12.2. The van der Waals surface area contributed by atoms with Crippen LogP contribution in [-0.4, -0.2) is 123 Å². The molecule has 0 saturated carbocycles. The summed E-state index contributed by atoms with van der Waals surface area (Å²) in [7, 11) is 0. The number of carbonyl (C=O) groups is 10. The molecule has 452 valence electrons. The Balaban J connectivity index is 0. The number of hydrogen-bond acceptors (Lipinski definition) is 20. The van der Waals surface area contributed by atoms with Gasteiger partial charge in [0.15, 0.2) is 12.2 Å². The molecule has 0 fully saturated rings. The van der Waals surface area contributed by atoms with Crippen LogP contribution in [0.15, 0.2) is 0 Å². The number of carbonyl (C=O) groups excluding carboxylic acids is 10. The van der Waals surface area contributed by atoms with Gasteiger partial charge in [-0.3, -0.25) is 47.9 Å². The Kier molecular flexibility index (Phi) is 47.9. The van der Waals surface area contributed by atoms with Crippen LogP contribution in [0, 0.1) is 0 Å². The van der Waals surface area contributed by atoms with Crippen LogP contribution in [-0.2, 0) is 95.3 Å². The fourth-order valence-corrected chi connectivity index (χ4v) is 8.28. The van der Waals surface area contributed by atoms with Crippen molar-refractivity contribution in [1.29, 1.82) is 0 Å². The normalized spacial score (nSPS) is 12.7. The SMILES string of the molecule is CCCCCCCCC(OC(C)=O)C(CCCCCCCC(=O)OC(COC(C)=O)COC(C)=O)OC(C)=O.CCCCCCCCC(OC(C)=O)C(CCCCCCCC(=O)OCC(COC(C)=O)OC(C)=O)OC(C)=O. The maximum atomic E-state index is 12.2. The van der Waals surface area contributed by atoms with E-state index in [9.17, 15) is 47.9 Å². The topological polar surface area (TPSA) is 263 Å². The van der Waals surface area contributed by atoms with Gasteiger partial charge >= 0.3 is 59.7 Å². The predicted octanol–water partition coefficient (Wildman–Crippen LogP) is 10.7. The number of esters is 10. The minimum absolute atomic E-state index is 0.173. The van der Waals surface area contributed by atoms with Gasteiger partial charge in [-0.2, -0.15) is 0 Å². The zero-order chi connectivity index (χ0) is 58.9. The highest BCUT2D eigenvalue weighted by molar-refractivity contribution is 5.71. The van der Waals surface area contributed by atoms with Gasteiger partial charge < -0.3 is 47.4 Å². The summed E-state index contributed by atoms with van der Waals surface area (Å²) in [4.78, 5) is 115. The first-order valence-corrected chi connectivity index (χ1v) is 28.7. The fourth-order valence-electron chi connectivity index (χ4n) is 8.28. The molecule has 0 spiro atoms. The first-order chi connectivity index (χ1) is 37.1. The first kappa shape index (κ1) is 74.8. The second-order valence-electron chi connectivity index (χ2n) is 19.8. The molecule has 0 saturated heterocycles. The largest absolute Gasteiger partial charge is 0.462 e. The molecule has 0 aliphatic rings. The Hall–Kier alpha value is -5.30. The molecule has 5 atom stereocenters. The minimum Gasteiger partial charge on any atom is -0.462 e. The second kappa shape index (κ2) is 50.0. The summed E-state index contributed by atoms with van der Waals surface area (Å²) in [6.07, 6.45) is 20.9. The third-order valence-electron chi connectivity index (χ3n) is 12.0. The second-order valence-corrected chi connectivity index (χ2v) is 19.8. The van der Waals surface area contributed by atoms with E-state index in [0.717, 1.165) is 89.9 Å². The van der Waals surface area contributed by atoms with Crippen molar-refractivity contribution in [3.05, 3.63) is 0 Å². The van der Waals surface area contributed by atoms with E-state index in [0.29, 0.717) is 38.5 Å². The Morgan fingerprint density at radius 2 is 0.500 bits per heavy atom. The maximum Gasteiger partial charge on any atom is 0.306 e. The molecule has 0 aliphatic heterocycles. The third-order valence-corrected chi connectivity index (χ3v) is 12.0. The predicted molar refractivity (Wildman–Crippen MR) is 289 cm³/mol. The number of ether oxygens (including phenoxy) is 10. The Bertz CT molecular complexity index is 1660. The van der Waals surface area contributed by atoms with Crippen molar-refractivity contribution in [2.24, 2.45) is 0 Å². The molecule has 0 aromatic carbocycles. The zero-order valence-corrected chi connectivity index (χ0v) is 49.3. The molecule has 0 N–H and O–H groups in total. The van der Waals surface area contributed by atoms with Crippen LogP contribution < -0.4 is 0 Å². The molecule has 0 aromatic heterocycles. The molecule has 78 heavy (non-hydrogen) atoms. The molecule has 0 aliphatic carbocycles. The molecule has 0 radical (unpaired) electrons. The summed E-state index contributed by atoms with van der Waals surface area (Å²) in [5.41, 5.74) is 0. The molecule has 20 heteroatoms. The average Bonchev–Trinajstić information content (AvgIpc) is 3.35. The van der Waals surface area contributed by atoms with Crippen LogP contribution in [0.5, 0.6) is 0 Å². The zero-order valence-electron chi connectivity index (χ0n) is 49.3. The van der Waals surface area contributed by atoms with Crippen LogP contribution in [0.3, 0.4) is 0 Å². The lowest BCUT2D eigenvalue weighted by Crippen LogP contribution is -2.34. The van der Waals surface area contributed by atoms with Crippen molar-refractivity contribution in [3.8, 4) is 0 Å². The number of hydrogen-bond donors (Lipinski definition) is 0. The van der Waals surface area contributed by atoms with E-state index in [1.165, 1.54) is 93.9 Å². The summed E-state index contributed by atoms with van der Waals surface area (Å²) < 4.78 is 52.1. The molecule has 0 heterocycles. The third kappa shape index (κ3) is 50.2. The fraction of sp³-hybridized carbons (Fsp3) is 0.828. The smallest absolute Gasteiger partial charge is 0.306 e. The van der Waals surface area contributed by atoms with E-state index in [1.54, 1.807) is 0 Å². The van der Waals surface area contributed by atoms with Gasteiger partial charge in [-0.1, -0.05) is 117 Å². The molecule has 0 rings (SSSR count). The first-order valence-electron chi connectivity index (χ1n) is 28.7. The van der Waals surface area contributed by atoms with Crippen molar-refractivity contribution in [1.82, 2.24) is 0 Å². The van der Waals surface area contributed by atoms with Crippen molar-refractivity contribution < 1.29 is 95.3 Å². The molecular weight excluding hydrogens is 1020 g/mol. The lowest BCUT2D eigenvalue weighted by atomic mass is 9.99. The van der Waals surface area contributed by atoms with Gasteiger partial charge in [0.2, 0.25) is 0 Å². The van der Waals surface area contributed by atoms with Gasteiger partial charge in [-0.15, -0.1) is 0 Å². The summed E-state index contributed by atoms with van der Waals surface area (Å²) in [6, 6.07) is 0. The van der Waals surface area contributed by atoms with Gasteiger partial charge in [-0.25, -0.2) is 0 Å². The lowest BCUT2D eigenvalue weighted by molar-refractivity contribution is -0.166. The Labute approximate surface area is 465 Å². The van der Waals surface area contributed by atoms with Crippen molar-refractivity contribution in [2.45, 2.75) is 286 Å². The van der Waals surface area contributed by atoms with E-state index >= 15 is 0 Å². The Morgan fingerprint density at radius 1 is 0.256 bits per heavy atom. The van der Waals surface area contributed by atoms with Crippen LogP contribution in [0.1, 0.15) is 249 Å². The van der Waals surface area contributed by atoms with Gasteiger partial charge in [-0.05, 0) is 64.2 Å². The highest BCUT2D eigenvalue weighted by Gasteiger charge is 2.28. The van der Waals surface area contributed by atoms with Gasteiger partial charge in [0.25, 0.3) is 0 Å². The van der Waals surface area contributed by atoms with Crippen LogP contribution >= 0.6 is 0 Å². The molecule has 0 bridgehead atoms. The quantitative estimate of drug-likeness (QED) is 0.0311. The van der Waals surface area contributed by atoms with E-state index in [-0.39, 0.29) is 63.1 Å².